The van der Waals surface area contributed by atoms with Gasteiger partial charge in [-0.05, 0) is 42.3 Å². The molecule has 0 aliphatic rings. The molecule has 1 heterocycles. The van der Waals surface area contributed by atoms with E-state index in [-0.39, 0.29) is 18.4 Å². The molecule has 3 rings (SSSR count). The second-order valence-electron chi connectivity index (χ2n) is 5.88. The molecule has 3 aromatic rings. The van der Waals surface area contributed by atoms with Crippen molar-refractivity contribution in [3.63, 3.8) is 0 Å². The van der Waals surface area contributed by atoms with Gasteiger partial charge in [0.1, 0.15) is 0 Å². The molecule has 0 aliphatic heterocycles. The number of carbonyl (C=O) groups is 2. The first-order valence-electron chi connectivity index (χ1n) is 8.52. The fraction of sp³-hybridized carbons (Fsp3) is 0.150. The van der Waals surface area contributed by atoms with Gasteiger partial charge in [-0.2, -0.15) is 5.10 Å². The van der Waals surface area contributed by atoms with Crippen LogP contribution in [0.15, 0.2) is 67.0 Å². The van der Waals surface area contributed by atoms with Gasteiger partial charge in [-0.15, -0.1) is 0 Å². The van der Waals surface area contributed by atoms with Gasteiger partial charge in [0.15, 0.2) is 0 Å². The van der Waals surface area contributed by atoms with Crippen LogP contribution >= 0.6 is 11.6 Å². The van der Waals surface area contributed by atoms with E-state index in [9.17, 15) is 9.59 Å². The van der Waals surface area contributed by atoms with E-state index in [1.807, 2.05) is 36.5 Å². The fourth-order valence-corrected chi connectivity index (χ4v) is 2.77. The molecule has 0 bridgehead atoms. The molecule has 2 N–H and O–H groups in total. The number of carbonyl (C=O) groups excluding carboxylic acids is 2. The van der Waals surface area contributed by atoms with Crippen LogP contribution in [0.2, 0.25) is 5.02 Å². The standard InChI is InChI=1S/C20H19ClN4O2/c21-18-5-2-1-4-17(18)20(27)23-14-19(26)22-12-10-15-6-8-16(9-7-15)25-13-3-11-24-25/h1-9,11,13H,10,12,14H2,(H,22,26)(H,23,27). The van der Waals surface area contributed by atoms with Crippen molar-refractivity contribution in [2.24, 2.45) is 0 Å². The summed E-state index contributed by atoms with van der Waals surface area (Å²) >= 11 is 5.96. The SMILES string of the molecule is O=C(CNC(=O)c1ccccc1Cl)NCCc1ccc(-n2cccn2)cc1. The van der Waals surface area contributed by atoms with Gasteiger partial charge in [0, 0.05) is 18.9 Å². The van der Waals surface area contributed by atoms with Crippen molar-refractivity contribution in [1.82, 2.24) is 20.4 Å². The molecule has 0 spiro atoms. The molecule has 0 saturated heterocycles. The topological polar surface area (TPSA) is 76.0 Å². The molecule has 2 aromatic carbocycles. The lowest BCUT2D eigenvalue weighted by Crippen LogP contribution is -2.37. The second-order valence-corrected chi connectivity index (χ2v) is 6.29. The number of rotatable bonds is 7. The Kier molecular flexibility index (Phi) is 6.22. The van der Waals surface area contributed by atoms with E-state index in [1.54, 1.807) is 35.1 Å². The van der Waals surface area contributed by atoms with E-state index < -0.39 is 0 Å². The number of amides is 2. The lowest BCUT2D eigenvalue weighted by molar-refractivity contribution is -0.120. The highest BCUT2D eigenvalue weighted by Gasteiger charge is 2.10. The molecule has 1 aromatic heterocycles. The zero-order valence-electron chi connectivity index (χ0n) is 14.6. The third kappa shape index (κ3) is 5.18. The summed E-state index contributed by atoms with van der Waals surface area (Å²) in [5.41, 5.74) is 2.44. The first-order valence-corrected chi connectivity index (χ1v) is 8.89. The van der Waals surface area contributed by atoms with Gasteiger partial charge in [0.25, 0.3) is 5.91 Å². The summed E-state index contributed by atoms with van der Waals surface area (Å²) in [5.74, 6) is -0.617. The van der Waals surface area contributed by atoms with Crippen molar-refractivity contribution in [3.05, 3.63) is 83.1 Å². The molecule has 6 nitrogen and oxygen atoms in total. The Labute approximate surface area is 162 Å². The highest BCUT2D eigenvalue weighted by atomic mass is 35.5. The van der Waals surface area contributed by atoms with Crippen molar-refractivity contribution in [2.45, 2.75) is 6.42 Å². The summed E-state index contributed by atoms with van der Waals surface area (Å²) in [4.78, 5) is 23.9. The Hall–Kier alpha value is -3.12. The van der Waals surface area contributed by atoms with Crippen molar-refractivity contribution < 1.29 is 9.59 Å². The number of benzene rings is 2. The largest absolute Gasteiger partial charge is 0.354 e. The van der Waals surface area contributed by atoms with Gasteiger partial charge in [-0.1, -0.05) is 35.9 Å². The summed E-state index contributed by atoms with van der Waals surface area (Å²) in [6.07, 6.45) is 4.31. The fourth-order valence-electron chi connectivity index (χ4n) is 2.55. The smallest absolute Gasteiger partial charge is 0.253 e. The Morgan fingerprint density at radius 3 is 2.48 bits per heavy atom. The number of aromatic nitrogens is 2. The molecule has 27 heavy (non-hydrogen) atoms. The van der Waals surface area contributed by atoms with Crippen LogP contribution in [0, 0.1) is 0 Å². The van der Waals surface area contributed by atoms with E-state index in [4.69, 9.17) is 11.6 Å². The maximum absolute atomic E-state index is 12.0. The summed E-state index contributed by atoms with van der Waals surface area (Å²) < 4.78 is 1.78. The molecule has 0 fully saturated rings. The molecule has 0 radical (unpaired) electrons. The Morgan fingerprint density at radius 1 is 1.00 bits per heavy atom. The number of hydrogen-bond acceptors (Lipinski definition) is 3. The van der Waals surface area contributed by atoms with Gasteiger partial charge >= 0.3 is 0 Å². The molecule has 0 saturated carbocycles. The molecule has 2 amide bonds. The van der Waals surface area contributed by atoms with Crippen LogP contribution in [0.3, 0.4) is 0 Å². The molecular formula is C20H19ClN4O2. The molecule has 138 valence electrons. The van der Waals surface area contributed by atoms with E-state index in [0.717, 1.165) is 11.3 Å². The summed E-state index contributed by atoms with van der Waals surface area (Å²) in [5, 5.41) is 9.89. The number of nitrogens with zero attached hydrogens (tertiary/aromatic N) is 2. The minimum absolute atomic E-state index is 0.0949. The number of halogens is 1. The minimum Gasteiger partial charge on any atom is -0.354 e. The first-order chi connectivity index (χ1) is 13.1. The van der Waals surface area contributed by atoms with Crippen LogP contribution in [0.4, 0.5) is 0 Å². The average Bonchev–Trinajstić information content (AvgIpc) is 3.22. The lowest BCUT2D eigenvalue weighted by atomic mass is 10.1. The van der Waals surface area contributed by atoms with Crippen LogP contribution in [0.5, 0.6) is 0 Å². The summed E-state index contributed by atoms with van der Waals surface area (Å²) in [6.45, 7) is 0.393. The average molecular weight is 383 g/mol. The van der Waals surface area contributed by atoms with Crippen LogP contribution in [0.1, 0.15) is 15.9 Å². The normalized spacial score (nSPS) is 10.4. The number of nitrogens with one attached hydrogen (secondary N) is 2. The van der Waals surface area contributed by atoms with Crippen molar-refractivity contribution in [2.75, 3.05) is 13.1 Å². The second kappa shape index (κ2) is 9.00. The molecule has 0 atom stereocenters. The zero-order valence-corrected chi connectivity index (χ0v) is 15.3. The highest BCUT2D eigenvalue weighted by Crippen LogP contribution is 2.14. The Bertz CT molecular complexity index is 908. The van der Waals surface area contributed by atoms with Crippen LogP contribution in [0.25, 0.3) is 5.69 Å². The van der Waals surface area contributed by atoms with Crippen LogP contribution in [-0.4, -0.2) is 34.7 Å². The zero-order chi connectivity index (χ0) is 19.1. The monoisotopic (exact) mass is 382 g/mol. The van der Waals surface area contributed by atoms with Crippen LogP contribution in [-0.2, 0) is 11.2 Å². The maximum atomic E-state index is 12.0. The van der Waals surface area contributed by atoms with Crippen molar-refractivity contribution in [3.8, 4) is 5.69 Å². The molecular weight excluding hydrogens is 364 g/mol. The Morgan fingerprint density at radius 2 is 1.78 bits per heavy atom. The number of hydrogen-bond donors (Lipinski definition) is 2. The predicted octanol–water partition coefficient (Wildman–Crippen LogP) is 2.61. The minimum atomic E-state index is -0.370. The van der Waals surface area contributed by atoms with E-state index >= 15 is 0 Å². The quantitative estimate of drug-likeness (QED) is 0.659. The third-order valence-electron chi connectivity index (χ3n) is 3.97. The predicted molar refractivity (Wildman–Crippen MR) is 104 cm³/mol. The van der Waals surface area contributed by atoms with Crippen LogP contribution < -0.4 is 10.6 Å². The van der Waals surface area contributed by atoms with E-state index in [2.05, 4.69) is 15.7 Å². The van der Waals surface area contributed by atoms with Gasteiger partial charge < -0.3 is 10.6 Å². The highest BCUT2D eigenvalue weighted by molar-refractivity contribution is 6.33. The van der Waals surface area contributed by atoms with E-state index in [1.165, 1.54) is 0 Å². The maximum Gasteiger partial charge on any atom is 0.253 e. The molecule has 0 aliphatic carbocycles. The van der Waals surface area contributed by atoms with E-state index in [0.29, 0.717) is 23.6 Å². The van der Waals surface area contributed by atoms with Gasteiger partial charge in [-0.25, -0.2) is 4.68 Å². The lowest BCUT2D eigenvalue weighted by Gasteiger charge is -2.08. The summed E-state index contributed by atoms with van der Waals surface area (Å²) in [7, 11) is 0. The first kappa shape index (κ1) is 18.7. The van der Waals surface area contributed by atoms with Gasteiger partial charge in [0.05, 0.1) is 22.8 Å². The third-order valence-corrected chi connectivity index (χ3v) is 4.30. The van der Waals surface area contributed by atoms with Crippen molar-refractivity contribution >= 4 is 23.4 Å². The molecule has 7 heteroatoms. The van der Waals surface area contributed by atoms with Crippen molar-refractivity contribution in [1.29, 1.82) is 0 Å². The van der Waals surface area contributed by atoms with Gasteiger partial charge in [-0.3, -0.25) is 9.59 Å². The van der Waals surface area contributed by atoms with Gasteiger partial charge in [0.2, 0.25) is 5.91 Å². The summed E-state index contributed by atoms with van der Waals surface area (Å²) in [6, 6.07) is 16.5. The Balaban J connectivity index is 1.40. The molecule has 0 unspecified atom stereocenters.